The first kappa shape index (κ1) is 32.6. The maximum Gasteiger partial charge on any atom is 0.297 e. The molecule has 0 aromatic carbocycles. The second kappa shape index (κ2) is 12.5. The highest BCUT2D eigenvalue weighted by Crippen LogP contribution is 2.27. The first-order valence-electron chi connectivity index (χ1n) is 12.3. The Morgan fingerprint density at radius 3 is 1.19 bits per heavy atom. The molecule has 0 bridgehead atoms. The maximum atomic E-state index is 6.73. The van der Waals surface area contributed by atoms with Gasteiger partial charge in [0.15, 0.2) is 42.3 Å². The van der Waals surface area contributed by atoms with Crippen LogP contribution >= 0.6 is 0 Å². The molecular weight excluding hydrogens is 517 g/mol. The molecule has 0 aromatic heterocycles. The molecule has 0 aliphatic carbocycles. The van der Waals surface area contributed by atoms with E-state index in [-0.39, 0.29) is 0 Å². The van der Waals surface area contributed by atoms with Crippen LogP contribution in [0.3, 0.4) is 0 Å². The van der Waals surface area contributed by atoms with Crippen molar-refractivity contribution in [3.8, 4) is 0 Å². The summed E-state index contributed by atoms with van der Waals surface area (Å²) >= 11 is 0. The number of hydrogen-bond acceptors (Lipinski definition) is 4. The highest BCUT2D eigenvalue weighted by molar-refractivity contribution is 7.30. The molecule has 4 nitrogen and oxygen atoms in total. The van der Waals surface area contributed by atoms with Gasteiger partial charge in [0, 0.05) is 0 Å². The van der Waals surface area contributed by atoms with Gasteiger partial charge in [0.25, 0.3) is 9.28 Å². The third kappa shape index (κ3) is 16.0. The van der Waals surface area contributed by atoms with E-state index in [9.17, 15) is 0 Å². The summed E-state index contributed by atoms with van der Waals surface area (Å²) in [6.45, 7) is 35.7. The topological polar surface area (TPSA) is 36.9 Å². The third-order valence-electron chi connectivity index (χ3n) is 5.86. The van der Waals surface area contributed by atoms with E-state index >= 15 is 0 Å². The molecule has 0 rings (SSSR count). The van der Waals surface area contributed by atoms with Crippen LogP contribution in [0.1, 0.15) is 0 Å². The van der Waals surface area contributed by atoms with Crippen molar-refractivity contribution in [3.05, 3.63) is 0 Å². The van der Waals surface area contributed by atoms with Crippen LogP contribution in [0.5, 0.6) is 0 Å². The van der Waals surface area contributed by atoms with E-state index in [2.05, 4.69) is 98.2 Å². The lowest BCUT2D eigenvalue weighted by atomic mass is 10.9. The van der Waals surface area contributed by atoms with Crippen molar-refractivity contribution in [3.63, 3.8) is 0 Å². The van der Waals surface area contributed by atoms with Gasteiger partial charge in [0.1, 0.15) is 8.56 Å². The molecule has 188 valence electrons. The van der Waals surface area contributed by atoms with E-state index in [1.165, 1.54) is 24.2 Å². The van der Waals surface area contributed by atoms with Crippen molar-refractivity contribution in [1.29, 1.82) is 0 Å². The zero-order chi connectivity index (χ0) is 24.9. The monoisotopic (exact) mass is 572 g/mol. The minimum absolute atomic E-state index is 0.955. The molecule has 0 saturated carbocycles. The molecule has 0 aromatic rings. The predicted octanol–water partition coefficient (Wildman–Crippen LogP) is 6.48. The molecule has 2 atom stereocenters. The Balaban J connectivity index is 4.72. The highest BCUT2D eigenvalue weighted by Gasteiger charge is 2.38. The molecule has 0 aliphatic heterocycles. The number of hydrogen-bond donors (Lipinski definition) is 0. The van der Waals surface area contributed by atoms with Gasteiger partial charge in [-0.2, -0.15) is 0 Å². The summed E-state index contributed by atoms with van der Waals surface area (Å²) < 4.78 is 26.4. The van der Waals surface area contributed by atoms with Crippen LogP contribution in [-0.2, 0) is 16.5 Å². The fourth-order valence-electron chi connectivity index (χ4n) is 3.86. The van der Waals surface area contributed by atoms with Crippen molar-refractivity contribution in [1.82, 2.24) is 0 Å². The summed E-state index contributed by atoms with van der Waals surface area (Å²) in [7, 11) is -11.3. The second-order valence-corrected chi connectivity index (χ2v) is 49.3. The summed E-state index contributed by atoms with van der Waals surface area (Å²) in [5, 5.41) is 0. The lowest BCUT2D eigenvalue weighted by Gasteiger charge is -2.37. The van der Waals surface area contributed by atoms with E-state index in [0.717, 1.165) is 0 Å². The summed E-state index contributed by atoms with van der Waals surface area (Å²) in [6, 6.07) is 5.03. The molecular formula is C19H56O4Si8. The first-order valence-corrected chi connectivity index (χ1v) is 36.5. The maximum absolute atomic E-state index is 6.73. The predicted molar refractivity (Wildman–Crippen MR) is 162 cm³/mol. The first-order chi connectivity index (χ1) is 13.6. The summed E-state index contributed by atoms with van der Waals surface area (Å²) in [5.41, 5.74) is 0. The Kier molecular flexibility index (Phi) is 13.1. The molecule has 0 saturated heterocycles. The van der Waals surface area contributed by atoms with Crippen molar-refractivity contribution in [2.24, 2.45) is 0 Å². The Morgan fingerprint density at radius 1 is 0.484 bits per heavy atom. The van der Waals surface area contributed by atoms with Crippen LogP contribution < -0.4 is 0 Å². The summed E-state index contributed by atoms with van der Waals surface area (Å²) in [5.74, 6) is 0. The molecule has 31 heavy (non-hydrogen) atoms. The van der Waals surface area contributed by atoms with E-state index in [4.69, 9.17) is 16.5 Å². The molecule has 0 radical (unpaired) electrons. The van der Waals surface area contributed by atoms with Crippen molar-refractivity contribution < 1.29 is 16.5 Å². The van der Waals surface area contributed by atoms with Crippen LogP contribution in [0.2, 0.25) is 122 Å². The minimum Gasteiger partial charge on any atom is -0.460 e. The average molecular weight is 573 g/mol. The van der Waals surface area contributed by atoms with Gasteiger partial charge in [-0.1, -0.05) is 25.7 Å². The van der Waals surface area contributed by atoms with Gasteiger partial charge in [-0.3, -0.25) is 0 Å². The molecule has 0 amide bonds. The van der Waals surface area contributed by atoms with Crippen LogP contribution in [0.25, 0.3) is 0 Å². The SMILES string of the molecule is C[SiH](C)O[Si](C)(C)CC[Si](C)(C)O[SiH](C)O[Si](C)(C)CC[Si](C)(C)[SiH](C)O[Si](C)(C)C. The van der Waals surface area contributed by atoms with Gasteiger partial charge in [-0.25, -0.2) is 0 Å². The third-order valence-corrected chi connectivity index (χ3v) is 39.9. The fraction of sp³-hybridized carbons (Fsp3) is 1.00. The second-order valence-electron chi connectivity index (χ2n) is 13.1. The van der Waals surface area contributed by atoms with Gasteiger partial charge in [0.2, 0.25) is 0 Å². The van der Waals surface area contributed by atoms with Crippen molar-refractivity contribution >= 4 is 67.7 Å². The lowest BCUT2D eigenvalue weighted by molar-refractivity contribution is 0.421. The van der Waals surface area contributed by atoms with Crippen LogP contribution in [0.15, 0.2) is 0 Å². The molecule has 0 fully saturated rings. The van der Waals surface area contributed by atoms with E-state index in [1.807, 2.05) is 0 Å². The summed E-state index contributed by atoms with van der Waals surface area (Å²) in [4.78, 5) is 0. The summed E-state index contributed by atoms with van der Waals surface area (Å²) in [6.07, 6.45) is 0. The minimum atomic E-state index is -1.70. The molecule has 0 spiro atoms. The zero-order valence-electron chi connectivity index (χ0n) is 23.7. The van der Waals surface area contributed by atoms with Gasteiger partial charge in [-0.15, -0.1) is 0 Å². The largest absolute Gasteiger partial charge is 0.460 e. The van der Waals surface area contributed by atoms with Gasteiger partial charge in [-0.05, 0) is 96.7 Å². The quantitative estimate of drug-likeness (QED) is 0.211. The van der Waals surface area contributed by atoms with Crippen LogP contribution in [0.4, 0.5) is 0 Å². The highest BCUT2D eigenvalue weighted by atomic mass is 29.2. The Hall–Kier alpha value is 1.58. The van der Waals surface area contributed by atoms with Crippen molar-refractivity contribution in [2.45, 2.75) is 122 Å². The molecule has 2 unspecified atom stereocenters. The Morgan fingerprint density at radius 2 is 0.839 bits per heavy atom. The van der Waals surface area contributed by atoms with Crippen LogP contribution in [0, 0.1) is 0 Å². The Labute approximate surface area is 205 Å². The average Bonchev–Trinajstić information content (AvgIpc) is 2.47. The number of rotatable bonds is 15. The lowest BCUT2D eigenvalue weighted by Crippen LogP contribution is -2.52. The molecule has 0 heterocycles. The smallest absolute Gasteiger partial charge is 0.297 e. The van der Waals surface area contributed by atoms with E-state index in [0.29, 0.717) is 0 Å². The van der Waals surface area contributed by atoms with Gasteiger partial charge in [0.05, 0.1) is 7.59 Å². The van der Waals surface area contributed by atoms with Crippen molar-refractivity contribution in [2.75, 3.05) is 0 Å². The van der Waals surface area contributed by atoms with Gasteiger partial charge >= 0.3 is 0 Å². The standard InChI is InChI=1S/C19H56O4Si8/c1-24(2)20-28(8,9)16-17-29(10,11)21-25(3)22-30(12,13)18-19-31(14,15)26(4)23-27(5,6)7/h24-26H,16-19H2,1-15H3. The van der Waals surface area contributed by atoms with E-state index in [1.54, 1.807) is 0 Å². The van der Waals surface area contributed by atoms with Gasteiger partial charge < -0.3 is 16.5 Å². The molecule has 0 aliphatic rings. The fourth-order valence-corrected chi connectivity index (χ4v) is 42.5. The zero-order valence-corrected chi connectivity index (χ0v) is 32.2. The normalized spacial score (nSPS) is 16.6. The van der Waals surface area contributed by atoms with Crippen LogP contribution in [-0.4, -0.2) is 67.7 Å². The van der Waals surface area contributed by atoms with E-state index < -0.39 is 67.7 Å². The molecule has 0 N–H and O–H groups in total. The Bertz CT molecular complexity index is 535. The molecule has 12 heteroatoms.